The predicted molar refractivity (Wildman–Crippen MR) is 154 cm³/mol. The van der Waals surface area contributed by atoms with E-state index >= 15 is 0 Å². The Morgan fingerprint density at radius 3 is 2.51 bits per heavy atom. The molecule has 0 fully saturated rings. The van der Waals surface area contributed by atoms with Crippen molar-refractivity contribution in [1.29, 1.82) is 0 Å². The van der Waals surface area contributed by atoms with E-state index < -0.39 is 52.1 Å². The fourth-order valence-corrected chi connectivity index (χ4v) is 6.33. The maximum absolute atomic E-state index is 13.5. The Morgan fingerprint density at radius 2 is 1.84 bits per heavy atom. The van der Waals surface area contributed by atoms with Crippen molar-refractivity contribution in [3.63, 3.8) is 0 Å². The lowest BCUT2D eigenvalue weighted by Crippen LogP contribution is -2.38. The lowest BCUT2D eigenvalue weighted by Gasteiger charge is -2.31. The number of alkyl halides is 3. The molecule has 1 heterocycles. The SMILES string of the molecule is C[C@@H](O)CNC(=O)C[C@H](NC(=O)c1ccc2c(c1)N(S(=O)(=O)c1cccc(Cl)c1)CCO2)c1cc(C(F)(F)F)ccc1Cl. The fraction of sp³-hybridized carbons (Fsp3) is 0.286. The molecule has 3 N–H and O–H groups in total. The molecule has 1 aliphatic heterocycles. The normalized spacial score (nSPS) is 14.7. The summed E-state index contributed by atoms with van der Waals surface area (Å²) in [4.78, 5) is 26.0. The van der Waals surface area contributed by atoms with E-state index in [-0.39, 0.29) is 57.2 Å². The van der Waals surface area contributed by atoms with Crippen LogP contribution in [0.15, 0.2) is 65.6 Å². The van der Waals surface area contributed by atoms with Gasteiger partial charge in [-0.3, -0.25) is 13.9 Å². The number of fused-ring (bicyclic) bond motifs is 1. The van der Waals surface area contributed by atoms with E-state index in [0.717, 1.165) is 22.5 Å². The molecule has 0 aliphatic carbocycles. The number of hydrogen-bond donors (Lipinski definition) is 3. The highest BCUT2D eigenvalue weighted by molar-refractivity contribution is 7.92. The molecule has 0 radical (unpaired) electrons. The number of rotatable bonds is 9. The third kappa shape index (κ3) is 7.71. The fourth-order valence-electron chi connectivity index (χ4n) is 4.33. The minimum Gasteiger partial charge on any atom is -0.489 e. The van der Waals surface area contributed by atoms with Gasteiger partial charge in [0.25, 0.3) is 15.9 Å². The van der Waals surface area contributed by atoms with E-state index in [1.54, 1.807) is 0 Å². The Kier molecular flexibility index (Phi) is 9.79. The van der Waals surface area contributed by atoms with Crippen LogP contribution in [0.4, 0.5) is 18.9 Å². The molecule has 9 nitrogen and oxygen atoms in total. The second-order valence-electron chi connectivity index (χ2n) is 9.68. The number of halogens is 5. The molecule has 230 valence electrons. The van der Waals surface area contributed by atoms with Gasteiger partial charge in [-0.05, 0) is 67.1 Å². The zero-order valence-electron chi connectivity index (χ0n) is 22.5. The van der Waals surface area contributed by atoms with E-state index in [0.29, 0.717) is 0 Å². The van der Waals surface area contributed by atoms with E-state index in [1.165, 1.54) is 49.4 Å². The van der Waals surface area contributed by atoms with E-state index in [9.17, 15) is 36.3 Å². The Labute approximate surface area is 255 Å². The molecule has 0 saturated carbocycles. The van der Waals surface area contributed by atoms with Crippen LogP contribution < -0.4 is 19.7 Å². The van der Waals surface area contributed by atoms with Gasteiger partial charge in [0, 0.05) is 22.2 Å². The Hall–Kier alpha value is -3.52. The maximum atomic E-state index is 13.5. The first-order valence-corrected chi connectivity index (χ1v) is 15.0. The number of benzene rings is 3. The van der Waals surface area contributed by atoms with Gasteiger partial charge in [-0.1, -0.05) is 29.3 Å². The van der Waals surface area contributed by atoms with Crippen molar-refractivity contribution in [3.8, 4) is 5.75 Å². The van der Waals surface area contributed by atoms with Crippen LogP contribution in [-0.2, 0) is 21.0 Å². The number of amides is 2. The summed E-state index contributed by atoms with van der Waals surface area (Å²) in [6.45, 7) is 1.27. The third-order valence-electron chi connectivity index (χ3n) is 6.41. The number of nitrogens with one attached hydrogen (secondary N) is 2. The number of aliphatic hydroxyl groups is 1. The van der Waals surface area contributed by atoms with Gasteiger partial charge in [-0.15, -0.1) is 0 Å². The average Bonchev–Trinajstić information content (AvgIpc) is 2.94. The molecular formula is C28H26Cl2F3N3O6S. The quantitative estimate of drug-likeness (QED) is 0.298. The number of nitrogens with zero attached hydrogens (tertiary/aromatic N) is 1. The van der Waals surface area contributed by atoms with Crippen LogP contribution in [0.1, 0.15) is 40.9 Å². The van der Waals surface area contributed by atoms with Gasteiger partial charge in [0.05, 0.1) is 41.3 Å². The van der Waals surface area contributed by atoms with Crippen LogP contribution in [-0.4, -0.2) is 51.1 Å². The van der Waals surface area contributed by atoms with Crippen LogP contribution >= 0.6 is 23.2 Å². The lowest BCUT2D eigenvalue weighted by atomic mass is 9.99. The molecule has 43 heavy (non-hydrogen) atoms. The van der Waals surface area contributed by atoms with Gasteiger partial charge in [0.15, 0.2) is 0 Å². The number of carbonyl (C=O) groups is 2. The van der Waals surface area contributed by atoms with Crippen molar-refractivity contribution in [3.05, 3.63) is 87.4 Å². The number of aliphatic hydroxyl groups excluding tert-OH is 1. The van der Waals surface area contributed by atoms with E-state index in [2.05, 4.69) is 10.6 Å². The molecule has 2 atom stereocenters. The molecule has 4 rings (SSSR count). The summed E-state index contributed by atoms with van der Waals surface area (Å²) in [7, 11) is -4.12. The van der Waals surface area contributed by atoms with Crippen molar-refractivity contribution < 1.29 is 41.0 Å². The van der Waals surface area contributed by atoms with Crippen molar-refractivity contribution in [2.45, 2.75) is 36.6 Å². The summed E-state index contributed by atoms with van der Waals surface area (Å²) in [5.41, 5.74) is -1.21. The molecule has 0 bridgehead atoms. The molecule has 2 amide bonds. The largest absolute Gasteiger partial charge is 0.489 e. The maximum Gasteiger partial charge on any atom is 0.416 e. The van der Waals surface area contributed by atoms with Crippen LogP contribution in [0.5, 0.6) is 5.75 Å². The first kappa shape index (κ1) is 32.4. The van der Waals surface area contributed by atoms with Crippen molar-refractivity contribution in [2.24, 2.45) is 0 Å². The molecular weight excluding hydrogens is 634 g/mol. The summed E-state index contributed by atoms with van der Waals surface area (Å²) < 4.78 is 74.1. The van der Waals surface area contributed by atoms with Gasteiger partial charge >= 0.3 is 6.18 Å². The van der Waals surface area contributed by atoms with Crippen LogP contribution in [0.25, 0.3) is 0 Å². The third-order valence-corrected chi connectivity index (χ3v) is 8.80. The summed E-state index contributed by atoms with van der Waals surface area (Å²) in [5.74, 6) is -1.31. The molecule has 1 aliphatic rings. The van der Waals surface area contributed by atoms with Gasteiger partial charge in [-0.25, -0.2) is 8.42 Å². The van der Waals surface area contributed by atoms with Gasteiger partial charge in [0.1, 0.15) is 12.4 Å². The highest BCUT2D eigenvalue weighted by Gasteiger charge is 2.34. The van der Waals surface area contributed by atoms with E-state index in [1.807, 2.05) is 0 Å². The van der Waals surface area contributed by atoms with Crippen LogP contribution in [0.3, 0.4) is 0 Å². The summed E-state index contributed by atoms with van der Waals surface area (Å²) in [5, 5.41) is 14.6. The number of ether oxygens (including phenoxy) is 1. The number of hydrogen-bond acceptors (Lipinski definition) is 6. The number of carbonyl (C=O) groups excluding carboxylic acids is 2. The molecule has 0 spiro atoms. The Morgan fingerprint density at radius 1 is 1.09 bits per heavy atom. The smallest absolute Gasteiger partial charge is 0.416 e. The Balaban J connectivity index is 1.68. The number of anilines is 1. The standard InChI is InChI=1S/C28H26Cl2F3N3O6S/c1-16(37)15-34-26(38)14-23(21-12-18(28(31,32)33)6-7-22(21)30)35-27(39)17-5-8-25-24(11-17)36(9-10-42-25)43(40,41)20-4-2-3-19(29)13-20/h2-8,11-13,16,23,37H,9-10,14-15H2,1H3,(H,34,38)(H,35,39)/t16-,23+/m1/s1. The molecule has 15 heteroatoms. The van der Waals surface area contributed by atoms with Gasteiger partial charge in [-0.2, -0.15) is 13.2 Å². The zero-order valence-corrected chi connectivity index (χ0v) is 24.8. The molecule has 0 saturated heterocycles. The average molecular weight is 660 g/mol. The number of sulfonamides is 1. The molecule has 3 aromatic rings. The van der Waals surface area contributed by atoms with Crippen molar-refractivity contribution in [1.82, 2.24) is 10.6 Å². The highest BCUT2D eigenvalue weighted by atomic mass is 35.5. The molecule has 0 aromatic heterocycles. The first-order valence-electron chi connectivity index (χ1n) is 12.8. The summed E-state index contributed by atoms with van der Waals surface area (Å²) in [6.07, 6.45) is -6.13. The Bertz CT molecular complexity index is 1640. The molecule has 0 unspecified atom stereocenters. The predicted octanol–water partition coefficient (Wildman–Crippen LogP) is 4.96. The summed E-state index contributed by atoms with van der Waals surface area (Å²) in [6, 6.07) is 10.9. The minimum atomic E-state index is -4.72. The second-order valence-corrected chi connectivity index (χ2v) is 12.4. The monoisotopic (exact) mass is 659 g/mol. The van der Waals surface area contributed by atoms with Gasteiger partial charge < -0.3 is 20.5 Å². The first-order chi connectivity index (χ1) is 20.2. The van der Waals surface area contributed by atoms with E-state index in [4.69, 9.17) is 27.9 Å². The summed E-state index contributed by atoms with van der Waals surface area (Å²) >= 11 is 12.2. The zero-order chi connectivity index (χ0) is 31.5. The van der Waals surface area contributed by atoms with Crippen molar-refractivity contribution in [2.75, 3.05) is 24.0 Å². The highest BCUT2D eigenvalue weighted by Crippen LogP contribution is 2.38. The second kappa shape index (κ2) is 13.0. The lowest BCUT2D eigenvalue weighted by molar-refractivity contribution is -0.137. The topological polar surface area (TPSA) is 125 Å². The van der Waals surface area contributed by atoms with Gasteiger partial charge in [0.2, 0.25) is 5.91 Å². The minimum absolute atomic E-state index is 0.0377. The molecule has 3 aromatic carbocycles. The van der Waals surface area contributed by atoms with Crippen LogP contribution in [0.2, 0.25) is 10.0 Å². The van der Waals surface area contributed by atoms with Crippen LogP contribution in [0, 0.1) is 0 Å². The van der Waals surface area contributed by atoms with Crippen molar-refractivity contribution >= 4 is 50.7 Å².